The fraction of sp³-hybridized carbons (Fsp3) is 0.533. The van der Waals surface area contributed by atoms with E-state index in [-0.39, 0.29) is 11.7 Å². The highest BCUT2D eigenvalue weighted by Gasteiger charge is 2.31. The fourth-order valence-corrected chi connectivity index (χ4v) is 1.97. The smallest absolute Gasteiger partial charge is 0.179 e. The number of hydrogen-bond donors (Lipinski definition) is 0. The molecule has 0 aliphatic carbocycles. The molecular formula is C15H21ClO2. The lowest BCUT2D eigenvalue weighted by atomic mass is 9.88. The van der Waals surface area contributed by atoms with Crippen molar-refractivity contribution in [3.05, 3.63) is 29.3 Å². The Morgan fingerprint density at radius 3 is 2.17 bits per heavy atom. The molecule has 0 bridgehead atoms. The second-order valence-corrected chi connectivity index (χ2v) is 5.90. The highest BCUT2D eigenvalue weighted by molar-refractivity contribution is 6.20. The minimum absolute atomic E-state index is 0.0279. The number of ketones is 1. The normalized spacial score (nSPS) is 13.2. The molecule has 1 rings (SSSR count). The lowest BCUT2D eigenvalue weighted by molar-refractivity contribution is -0.132. The number of carbonyl (C=O) groups is 1. The molecule has 100 valence electrons. The zero-order valence-corrected chi connectivity index (χ0v) is 12.5. The number of aryl methyl sites for hydroxylation is 2. The van der Waals surface area contributed by atoms with Crippen molar-refractivity contribution < 1.29 is 9.53 Å². The fourth-order valence-electron chi connectivity index (χ4n) is 1.77. The van der Waals surface area contributed by atoms with Crippen LogP contribution in [-0.2, 0) is 4.79 Å². The maximum absolute atomic E-state index is 12.2. The van der Waals surface area contributed by atoms with Gasteiger partial charge in [-0.2, -0.15) is 0 Å². The van der Waals surface area contributed by atoms with Gasteiger partial charge in [-0.15, -0.1) is 11.6 Å². The Balaban J connectivity index is 2.97. The molecule has 1 aromatic carbocycles. The zero-order chi connectivity index (χ0) is 13.9. The van der Waals surface area contributed by atoms with E-state index in [1.54, 1.807) is 0 Å². The molecule has 0 aliphatic rings. The summed E-state index contributed by atoms with van der Waals surface area (Å²) in [6.45, 7) is 9.57. The van der Waals surface area contributed by atoms with Crippen molar-refractivity contribution in [3.63, 3.8) is 0 Å². The van der Waals surface area contributed by atoms with Crippen LogP contribution in [0.4, 0.5) is 0 Å². The predicted octanol–water partition coefficient (Wildman–Crippen LogP) is 3.90. The number of halogens is 1. The maximum atomic E-state index is 12.2. The Bertz CT molecular complexity index is 412. The van der Waals surface area contributed by atoms with E-state index in [2.05, 4.69) is 0 Å². The number of carbonyl (C=O) groups excluding carboxylic acids is 1. The summed E-state index contributed by atoms with van der Waals surface area (Å²) in [5.41, 5.74) is 1.59. The van der Waals surface area contributed by atoms with Gasteiger partial charge in [0, 0.05) is 5.41 Å². The number of Topliss-reactive ketones (excluding diaryl/α,β-unsaturated/α-hetero) is 1. The van der Waals surface area contributed by atoms with Crippen LogP contribution in [0.15, 0.2) is 18.2 Å². The van der Waals surface area contributed by atoms with Crippen LogP contribution in [0.2, 0.25) is 0 Å². The summed E-state index contributed by atoms with van der Waals surface area (Å²) < 4.78 is 5.83. The van der Waals surface area contributed by atoms with Crippen molar-refractivity contribution in [1.29, 1.82) is 0 Å². The molecule has 0 aliphatic heterocycles. The summed E-state index contributed by atoms with van der Waals surface area (Å²) in [5, 5.41) is 0. The molecule has 1 atom stereocenters. The highest BCUT2D eigenvalue weighted by atomic mass is 35.5. The Morgan fingerprint density at radius 2 is 1.78 bits per heavy atom. The van der Waals surface area contributed by atoms with E-state index in [1.807, 2.05) is 52.8 Å². The first-order chi connectivity index (χ1) is 8.27. The summed E-state index contributed by atoms with van der Waals surface area (Å²) in [7, 11) is 0. The molecule has 0 N–H and O–H groups in total. The van der Waals surface area contributed by atoms with E-state index in [0.717, 1.165) is 16.9 Å². The lowest BCUT2D eigenvalue weighted by Crippen LogP contribution is -2.38. The number of para-hydroxylation sites is 1. The van der Waals surface area contributed by atoms with Gasteiger partial charge in [0.2, 0.25) is 0 Å². The van der Waals surface area contributed by atoms with Gasteiger partial charge in [-0.1, -0.05) is 39.0 Å². The summed E-state index contributed by atoms with van der Waals surface area (Å²) in [5.74, 6) is 0.963. The summed E-state index contributed by atoms with van der Waals surface area (Å²) >= 11 is 5.88. The molecule has 0 spiro atoms. The average Bonchev–Trinajstić information content (AvgIpc) is 2.27. The van der Waals surface area contributed by atoms with Gasteiger partial charge in [0.05, 0.1) is 5.88 Å². The van der Waals surface area contributed by atoms with E-state index in [4.69, 9.17) is 16.3 Å². The first-order valence-electron chi connectivity index (χ1n) is 6.10. The number of benzene rings is 1. The lowest BCUT2D eigenvalue weighted by Gasteiger charge is -2.25. The minimum Gasteiger partial charge on any atom is -0.481 e. The number of alkyl halides is 1. The predicted molar refractivity (Wildman–Crippen MR) is 75.5 cm³/mol. The Morgan fingerprint density at radius 1 is 1.28 bits per heavy atom. The van der Waals surface area contributed by atoms with Crippen molar-refractivity contribution >= 4 is 17.4 Å². The third kappa shape index (κ3) is 3.49. The second kappa shape index (κ2) is 5.75. The van der Waals surface area contributed by atoms with Crippen molar-refractivity contribution in [2.24, 2.45) is 5.41 Å². The standard InChI is InChI=1S/C15H21ClO2/c1-10-7-6-8-11(2)13(10)18-12(9-16)14(17)15(3,4)5/h6-8,12H,9H2,1-5H3. The first kappa shape index (κ1) is 15.0. The average molecular weight is 269 g/mol. The SMILES string of the molecule is Cc1cccc(C)c1OC(CCl)C(=O)C(C)(C)C. The summed E-state index contributed by atoms with van der Waals surface area (Å²) in [6, 6.07) is 5.91. The van der Waals surface area contributed by atoms with Crippen LogP contribution >= 0.6 is 11.6 Å². The van der Waals surface area contributed by atoms with Gasteiger partial charge >= 0.3 is 0 Å². The summed E-state index contributed by atoms with van der Waals surface area (Å²) in [6.07, 6.45) is -0.591. The maximum Gasteiger partial charge on any atom is 0.179 e. The Labute approximate surface area is 114 Å². The first-order valence-corrected chi connectivity index (χ1v) is 6.64. The van der Waals surface area contributed by atoms with Gasteiger partial charge < -0.3 is 4.74 Å². The van der Waals surface area contributed by atoms with Gasteiger partial charge in [0.1, 0.15) is 5.75 Å². The van der Waals surface area contributed by atoms with E-state index in [9.17, 15) is 4.79 Å². The molecule has 0 radical (unpaired) electrons. The topological polar surface area (TPSA) is 26.3 Å². The molecule has 0 saturated carbocycles. The number of hydrogen-bond acceptors (Lipinski definition) is 2. The molecule has 0 fully saturated rings. The molecular weight excluding hydrogens is 248 g/mol. The molecule has 3 heteroatoms. The molecule has 1 aromatic rings. The van der Waals surface area contributed by atoms with E-state index < -0.39 is 11.5 Å². The molecule has 1 unspecified atom stereocenters. The highest BCUT2D eigenvalue weighted by Crippen LogP contribution is 2.26. The van der Waals surface area contributed by atoms with E-state index >= 15 is 0 Å². The largest absolute Gasteiger partial charge is 0.481 e. The van der Waals surface area contributed by atoms with Crippen molar-refractivity contribution in [3.8, 4) is 5.75 Å². The molecule has 0 amide bonds. The van der Waals surface area contributed by atoms with Crippen LogP contribution in [-0.4, -0.2) is 17.8 Å². The van der Waals surface area contributed by atoms with Crippen LogP contribution in [0, 0.1) is 19.3 Å². The Kier molecular flexibility index (Phi) is 4.80. The minimum atomic E-state index is -0.591. The van der Waals surface area contributed by atoms with Crippen LogP contribution in [0.3, 0.4) is 0 Å². The van der Waals surface area contributed by atoms with Gasteiger partial charge in [-0.25, -0.2) is 0 Å². The van der Waals surface area contributed by atoms with E-state index in [0.29, 0.717) is 0 Å². The Hall–Kier alpha value is -1.02. The number of ether oxygens (including phenoxy) is 1. The van der Waals surface area contributed by atoms with Crippen LogP contribution < -0.4 is 4.74 Å². The van der Waals surface area contributed by atoms with E-state index in [1.165, 1.54) is 0 Å². The molecule has 0 heterocycles. The summed E-state index contributed by atoms with van der Waals surface area (Å²) in [4.78, 5) is 12.2. The van der Waals surface area contributed by atoms with Crippen LogP contribution in [0.5, 0.6) is 5.75 Å². The number of rotatable bonds is 4. The molecule has 0 aromatic heterocycles. The molecule has 2 nitrogen and oxygen atoms in total. The van der Waals surface area contributed by atoms with Crippen molar-refractivity contribution in [1.82, 2.24) is 0 Å². The van der Waals surface area contributed by atoms with Crippen LogP contribution in [0.25, 0.3) is 0 Å². The zero-order valence-electron chi connectivity index (χ0n) is 11.7. The monoisotopic (exact) mass is 268 g/mol. The van der Waals surface area contributed by atoms with Crippen molar-refractivity contribution in [2.45, 2.75) is 40.7 Å². The van der Waals surface area contributed by atoms with Gasteiger partial charge in [0.25, 0.3) is 0 Å². The third-order valence-electron chi connectivity index (χ3n) is 2.84. The molecule has 0 saturated heterocycles. The van der Waals surface area contributed by atoms with Crippen molar-refractivity contribution in [2.75, 3.05) is 5.88 Å². The van der Waals surface area contributed by atoms with Gasteiger partial charge in [0.15, 0.2) is 11.9 Å². The quantitative estimate of drug-likeness (QED) is 0.774. The molecule has 18 heavy (non-hydrogen) atoms. The van der Waals surface area contributed by atoms with Gasteiger partial charge in [-0.3, -0.25) is 4.79 Å². The second-order valence-electron chi connectivity index (χ2n) is 5.60. The van der Waals surface area contributed by atoms with Crippen LogP contribution in [0.1, 0.15) is 31.9 Å². The van der Waals surface area contributed by atoms with Gasteiger partial charge in [-0.05, 0) is 25.0 Å². The third-order valence-corrected chi connectivity index (χ3v) is 3.12.